The number of aliphatic hydroxyl groups is 1. The van der Waals surface area contributed by atoms with Crippen LogP contribution >= 0.6 is 15.6 Å². The van der Waals surface area contributed by atoms with Crippen LogP contribution < -0.4 is 0 Å². The second-order valence-electron chi connectivity index (χ2n) is 31.2. The zero-order valence-corrected chi connectivity index (χ0v) is 69.4. The third-order valence-corrected chi connectivity index (χ3v) is 21.6. The van der Waals surface area contributed by atoms with Gasteiger partial charge >= 0.3 is 39.5 Å². The number of hydrogen-bond acceptors (Lipinski definition) is 15. The molecule has 0 amide bonds. The molecule has 0 spiro atoms. The van der Waals surface area contributed by atoms with E-state index in [1.165, 1.54) is 257 Å². The molecule has 0 aliphatic rings. The predicted octanol–water partition coefficient (Wildman–Crippen LogP) is 25.5. The summed E-state index contributed by atoms with van der Waals surface area (Å²) in [7, 11) is -9.92. The summed E-state index contributed by atoms with van der Waals surface area (Å²) in [5.74, 6) is -0.678. The van der Waals surface area contributed by atoms with Gasteiger partial charge in [-0.15, -0.1) is 0 Å². The van der Waals surface area contributed by atoms with Crippen LogP contribution in [0.4, 0.5) is 0 Å². The Bertz CT molecular complexity index is 1980. The summed E-state index contributed by atoms with van der Waals surface area (Å²) >= 11 is 0. The first-order valence-corrected chi connectivity index (χ1v) is 46.5. The summed E-state index contributed by atoms with van der Waals surface area (Å²) in [6.07, 6.45) is 67.0. The van der Waals surface area contributed by atoms with Crippen molar-refractivity contribution in [3.8, 4) is 0 Å². The Kier molecular flexibility index (Phi) is 74.1. The highest BCUT2D eigenvalue weighted by Crippen LogP contribution is 2.45. The van der Waals surface area contributed by atoms with Crippen LogP contribution in [-0.2, 0) is 65.4 Å². The second-order valence-corrected chi connectivity index (χ2v) is 34.1. The van der Waals surface area contributed by atoms with Crippen molar-refractivity contribution >= 4 is 39.5 Å². The van der Waals surface area contributed by atoms with Gasteiger partial charge in [-0.3, -0.25) is 37.3 Å². The van der Waals surface area contributed by atoms with E-state index in [9.17, 15) is 43.2 Å². The number of aliphatic hydroxyl groups excluding tert-OH is 1. The third kappa shape index (κ3) is 78.0. The van der Waals surface area contributed by atoms with Crippen LogP contribution in [0, 0.1) is 11.8 Å². The maximum absolute atomic E-state index is 13.1. The molecular formula is C84H164O17P2. The van der Waals surface area contributed by atoms with E-state index in [0.717, 1.165) is 102 Å². The van der Waals surface area contributed by atoms with Gasteiger partial charge in [0, 0.05) is 25.7 Å². The Morgan fingerprint density at radius 2 is 0.447 bits per heavy atom. The van der Waals surface area contributed by atoms with Crippen molar-refractivity contribution in [2.45, 2.75) is 464 Å². The molecule has 0 heterocycles. The highest BCUT2D eigenvalue weighted by atomic mass is 31.2. The predicted molar refractivity (Wildman–Crippen MR) is 423 cm³/mol. The summed E-state index contributed by atoms with van der Waals surface area (Å²) in [6.45, 7) is 9.55. The van der Waals surface area contributed by atoms with Gasteiger partial charge in [-0.1, -0.05) is 395 Å². The molecule has 19 heteroatoms. The first-order chi connectivity index (χ1) is 49.9. The first kappa shape index (κ1) is 101. The van der Waals surface area contributed by atoms with Crippen molar-refractivity contribution in [2.24, 2.45) is 11.8 Å². The Morgan fingerprint density at radius 3 is 0.660 bits per heavy atom. The van der Waals surface area contributed by atoms with Gasteiger partial charge in [0.05, 0.1) is 26.4 Å². The van der Waals surface area contributed by atoms with Gasteiger partial charge in [0.25, 0.3) is 0 Å². The van der Waals surface area contributed by atoms with E-state index in [1.54, 1.807) is 0 Å². The van der Waals surface area contributed by atoms with Gasteiger partial charge in [0.2, 0.25) is 0 Å². The van der Waals surface area contributed by atoms with E-state index in [1.807, 2.05) is 0 Å². The van der Waals surface area contributed by atoms with Crippen LogP contribution in [0.15, 0.2) is 0 Å². The summed E-state index contributed by atoms with van der Waals surface area (Å²) in [5, 5.41) is 10.6. The molecule has 17 nitrogen and oxygen atoms in total. The van der Waals surface area contributed by atoms with E-state index < -0.39 is 97.5 Å². The Labute approximate surface area is 632 Å². The molecule has 103 heavy (non-hydrogen) atoms. The molecule has 0 aromatic rings. The van der Waals surface area contributed by atoms with Gasteiger partial charge in [-0.25, -0.2) is 9.13 Å². The molecule has 3 N–H and O–H groups in total. The molecule has 0 saturated carbocycles. The van der Waals surface area contributed by atoms with Gasteiger partial charge in [-0.2, -0.15) is 0 Å². The Morgan fingerprint density at radius 1 is 0.262 bits per heavy atom. The van der Waals surface area contributed by atoms with E-state index >= 15 is 0 Å². The number of carbonyl (C=O) groups excluding carboxylic acids is 4. The lowest BCUT2D eigenvalue weighted by Crippen LogP contribution is -2.30. The summed E-state index contributed by atoms with van der Waals surface area (Å²) in [5.41, 5.74) is 0. The van der Waals surface area contributed by atoms with Crippen LogP contribution in [0.1, 0.15) is 446 Å². The SMILES string of the molecule is CCCCCCCCCCCCCCCCCCCCCCCC(=O)O[C@H](COC(=O)CCCCCCCCCCCCCCCCCCCCCC)COP(=O)(O)OC[C@@H](O)COP(=O)(O)OC[C@@H](COC(=O)CCCCCCCCC(C)C)OC(=O)CCCCCCCCCCCCC(C)C. The van der Waals surface area contributed by atoms with Crippen molar-refractivity contribution in [3.05, 3.63) is 0 Å². The second kappa shape index (κ2) is 75.5. The monoisotopic (exact) mass is 1510 g/mol. The molecule has 0 bridgehead atoms. The lowest BCUT2D eigenvalue weighted by molar-refractivity contribution is -0.161. The van der Waals surface area contributed by atoms with Gasteiger partial charge in [0.1, 0.15) is 19.3 Å². The molecule has 0 saturated heterocycles. The van der Waals surface area contributed by atoms with E-state index in [2.05, 4.69) is 41.5 Å². The molecule has 0 rings (SSSR count). The first-order valence-electron chi connectivity index (χ1n) is 43.5. The Hall–Kier alpha value is -1.94. The minimum Gasteiger partial charge on any atom is -0.462 e. The van der Waals surface area contributed by atoms with E-state index in [0.29, 0.717) is 31.6 Å². The van der Waals surface area contributed by atoms with E-state index in [4.69, 9.17) is 37.0 Å². The summed E-state index contributed by atoms with van der Waals surface area (Å²) < 4.78 is 68.7. The minimum atomic E-state index is -4.96. The summed E-state index contributed by atoms with van der Waals surface area (Å²) in [4.78, 5) is 73.1. The van der Waals surface area contributed by atoms with Crippen LogP contribution in [0.3, 0.4) is 0 Å². The highest BCUT2D eigenvalue weighted by molar-refractivity contribution is 7.47. The van der Waals surface area contributed by atoms with Crippen LogP contribution in [0.5, 0.6) is 0 Å². The van der Waals surface area contributed by atoms with Crippen molar-refractivity contribution < 1.29 is 80.2 Å². The quantitative estimate of drug-likeness (QED) is 0.0222. The van der Waals surface area contributed by atoms with Gasteiger partial charge in [0.15, 0.2) is 12.2 Å². The lowest BCUT2D eigenvalue weighted by Gasteiger charge is -2.21. The number of phosphoric acid groups is 2. The highest BCUT2D eigenvalue weighted by Gasteiger charge is 2.30. The fourth-order valence-electron chi connectivity index (χ4n) is 13.1. The number of rotatable bonds is 83. The molecule has 5 atom stereocenters. The van der Waals surface area contributed by atoms with Crippen LogP contribution in [-0.4, -0.2) is 96.7 Å². The fourth-order valence-corrected chi connectivity index (χ4v) is 14.6. The molecule has 0 aliphatic heterocycles. The topological polar surface area (TPSA) is 237 Å². The molecule has 0 aromatic carbocycles. The largest absolute Gasteiger partial charge is 0.472 e. The smallest absolute Gasteiger partial charge is 0.462 e. The fraction of sp³-hybridized carbons (Fsp3) is 0.952. The maximum Gasteiger partial charge on any atom is 0.472 e. The number of carbonyl (C=O) groups is 4. The standard InChI is InChI=1S/C84H164O17P2/c1-7-9-11-13-15-17-19-21-23-25-27-29-31-33-35-37-39-44-48-56-62-68-83(88)100-79(72-94-81(86)66-60-54-47-43-38-36-34-32-30-28-26-24-22-20-18-16-14-12-10-8-2)74-98-102(90,91)96-70-78(85)71-97-103(92,93)99-75-80(73-95-82(87)67-61-55-51-50-53-59-65-77(5)6)101-84(89)69-63-57-49-45-41-40-42-46-52-58-64-76(3)4/h76-80,85H,7-75H2,1-6H3,(H,90,91)(H,92,93)/t78-,79-,80-/m1/s1. The lowest BCUT2D eigenvalue weighted by atomic mass is 10.0. The number of phosphoric ester groups is 2. The minimum absolute atomic E-state index is 0.105. The molecule has 0 radical (unpaired) electrons. The average molecular weight is 1510 g/mol. The zero-order valence-electron chi connectivity index (χ0n) is 67.6. The molecule has 612 valence electrons. The van der Waals surface area contributed by atoms with Crippen LogP contribution in [0.2, 0.25) is 0 Å². The number of esters is 4. The number of unbranched alkanes of at least 4 members (excludes halogenated alkanes) is 53. The average Bonchev–Trinajstić information content (AvgIpc) is 0.909. The zero-order chi connectivity index (χ0) is 75.6. The van der Waals surface area contributed by atoms with E-state index in [-0.39, 0.29) is 25.7 Å². The molecular weight excluding hydrogens is 1340 g/mol. The summed E-state index contributed by atoms with van der Waals surface area (Å²) in [6, 6.07) is 0. The molecule has 0 aliphatic carbocycles. The molecule has 0 aromatic heterocycles. The van der Waals surface area contributed by atoms with Crippen molar-refractivity contribution in [2.75, 3.05) is 39.6 Å². The van der Waals surface area contributed by atoms with Crippen molar-refractivity contribution in [1.82, 2.24) is 0 Å². The van der Waals surface area contributed by atoms with Gasteiger partial charge < -0.3 is 33.8 Å². The van der Waals surface area contributed by atoms with Crippen LogP contribution in [0.25, 0.3) is 0 Å². The normalized spacial score (nSPS) is 13.9. The van der Waals surface area contributed by atoms with Crippen molar-refractivity contribution in [3.63, 3.8) is 0 Å². The van der Waals surface area contributed by atoms with Gasteiger partial charge in [-0.05, 0) is 37.5 Å². The molecule has 0 fully saturated rings. The molecule has 2 unspecified atom stereocenters. The maximum atomic E-state index is 13.1. The van der Waals surface area contributed by atoms with Crippen molar-refractivity contribution in [1.29, 1.82) is 0 Å². The third-order valence-electron chi connectivity index (χ3n) is 19.7. The Balaban J connectivity index is 5.19. The number of ether oxygens (including phenoxy) is 4. The number of hydrogen-bond donors (Lipinski definition) is 3.